The van der Waals surface area contributed by atoms with E-state index in [-0.39, 0.29) is 17.3 Å². The lowest BCUT2D eigenvalue weighted by atomic mass is 9.44. The molecule has 0 aromatic heterocycles. The van der Waals surface area contributed by atoms with E-state index < -0.39 is 12.6 Å². The Labute approximate surface area is 169 Å². The predicted molar refractivity (Wildman–Crippen MR) is 107 cm³/mol. The lowest BCUT2D eigenvalue weighted by molar-refractivity contribution is -0.156. The highest BCUT2D eigenvalue weighted by molar-refractivity contribution is 5.11. The number of rotatable bonds is 2. The zero-order valence-electron chi connectivity index (χ0n) is 17.8. The standard InChI is InChI=1S/C25H37F3/c1-5-17-10-12-23(3)18(14-17)6-7-19-21-9-8-20(16(2)15-25(26,27)28)24(21,4)13-11-22(19)23/h1,16-22H,6-15H2,2-4H3/t16?,17-,18?,19?,20?,21?,22?,23?,24?/m0/s1. The lowest BCUT2D eigenvalue weighted by Crippen LogP contribution is -2.53. The average molecular weight is 395 g/mol. The van der Waals surface area contributed by atoms with Crippen LogP contribution in [0.1, 0.15) is 85.0 Å². The quantitative estimate of drug-likeness (QED) is 0.426. The maximum Gasteiger partial charge on any atom is 0.389 e. The van der Waals surface area contributed by atoms with Crippen molar-refractivity contribution in [1.29, 1.82) is 0 Å². The summed E-state index contributed by atoms with van der Waals surface area (Å²) in [6.45, 7) is 6.74. The van der Waals surface area contributed by atoms with E-state index in [1.807, 2.05) is 6.92 Å². The topological polar surface area (TPSA) is 0 Å². The van der Waals surface area contributed by atoms with Gasteiger partial charge in [-0.25, -0.2) is 0 Å². The number of halogens is 3. The fourth-order valence-corrected chi connectivity index (χ4v) is 8.89. The van der Waals surface area contributed by atoms with Crippen LogP contribution in [0, 0.1) is 64.6 Å². The van der Waals surface area contributed by atoms with Crippen molar-refractivity contribution in [2.75, 3.05) is 0 Å². The molecule has 158 valence electrons. The van der Waals surface area contributed by atoms with Crippen molar-refractivity contribution in [3.05, 3.63) is 0 Å². The molecule has 0 heterocycles. The largest absolute Gasteiger partial charge is 0.389 e. The smallest absolute Gasteiger partial charge is 0.171 e. The van der Waals surface area contributed by atoms with Crippen LogP contribution in [0.2, 0.25) is 0 Å². The van der Waals surface area contributed by atoms with Crippen molar-refractivity contribution < 1.29 is 13.2 Å². The molecular formula is C25H37F3. The van der Waals surface area contributed by atoms with E-state index in [0.717, 1.165) is 37.0 Å². The molecular weight excluding hydrogens is 357 g/mol. The van der Waals surface area contributed by atoms with Crippen LogP contribution in [0.3, 0.4) is 0 Å². The number of fused-ring (bicyclic) bond motifs is 5. The highest BCUT2D eigenvalue weighted by atomic mass is 19.4. The highest BCUT2D eigenvalue weighted by Crippen LogP contribution is 2.68. The molecule has 0 aromatic rings. The van der Waals surface area contributed by atoms with E-state index in [1.54, 1.807) is 0 Å². The summed E-state index contributed by atoms with van der Waals surface area (Å²) in [5.41, 5.74) is 0.526. The van der Waals surface area contributed by atoms with E-state index in [2.05, 4.69) is 19.8 Å². The first kappa shape index (κ1) is 20.6. The van der Waals surface area contributed by atoms with E-state index >= 15 is 0 Å². The number of terminal acetylenes is 1. The van der Waals surface area contributed by atoms with Gasteiger partial charge in [-0.1, -0.05) is 20.8 Å². The predicted octanol–water partition coefficient (Wildman–Crippen LogP) is 7.48. The van der Waals surface area contributed by atoms with Crippen molar-refractivity contribution in [3.63, 3.8) is 0 Å². The number of hydrogen-bond donors (Lipinski definition) is 0. The van der Waals surface area contributed by atoms with Gasteiger partial charge in [0.1, 0.15) is 0 Å². The Morgan fingerprint density at radius 1 is 0.964 bits per heavy atom. The van der Waals surface area contributed by atoms with Gasteiger partial charge in [-0.05, 0) is 104 Å². The van der Waals surface area contributed by atoms with Gasteiger partial charge in [0.2, 0.25) is 0 Å². The Balaban J connectivity index is 1.53. The van der Waals surface area contributed by atoms with Crippen LogP contribution >= 0.6 is 0 Å². The zero-order valence-corrected chi connectivity index (χ0v) is 17.8. The van der Waals surface area contributed by atoms with Crippen LogP contribution in [-0.4, -0.2) is 6.18 Å². The molecule has 0 aliphatic heterocycles. The third-order valence-electron chi connectivity index (χ3n) is 10.2. The van der Waals surface area contributed by atoms with Gasteiger partial charge < -0.3 is 0 Å². The summed E-state index contributed by atoms with van der Waals surface area (Å²) in [6, 6.07) is 0. The minimum Gasteiger partial charge on any atom is -0.171 e. The van der Waals surface area contributed by atoms with E-state index in [9.17, 15) is 13.2 Å². The molecule has 4 saturated carbocycles. The van der Waals surface area contributed by atoms with Crippen LogP contribution in [0.5, 0.6) is 0 Å². The van der Waals surface area contributed by atoms with Crippen molar-refractivity contribution in [2.45, 2.75) is 91.2 Å². The van der Waals surface area contributed by atoms with Crippen LogP contribution < -0.4 is 0 Å². The van der Waals surface area contributed by atoms with Crippen LogP contribution in [0.25, 0.3) is 0 Å². The Morgan fingerprint density at radius 3 is 2.32 bits per heavy atom. The molecule has 0 aromatic carbocycles. The molecule has 0 saturated heterocycles. The molecule has 0 spiro atoms. The zero-order chi connectivity index (χ0) is 20.3. The molecule has 0 N–H and O–H groups in total. The molecule has 3 heteroatoms. The molecule has 9 atom stereocenters. The van der Waals surface area contributed by atoms with E-state index in [4.69, 9.17) is 6.42 Å². The van der Waals surface area contributed by atoms with Gasteiger partial charge in [0.15, 0.2) is 0 Å². The molecule has 4 aliphatic rings. The first-order valence-electron chi connectivity index (χ1n) is 11.6. The molecule has 0 radical (unpaired) electrons. The summed E-state index contributed by atoms with van der Waals surface area (Å²) >= 11 is 0. The fraction of sp³-hybridized carbons (Fsp3) is 0.920. The summed E-state index contributed by atoms with van der Waals surface area (Å²) in [7, 11) is 0. The van der Waals surface area contributed by atoms with Crippen molar-refractivity contribution in [3.8, 4) is 12.3 Å². The summed E-state index contributed by atoms with van der Waals surface area (Å²) in [5.74, 6) is 6.35. The minimum atomic E-state index is -4.04. The SMILES string of the molecule is C#C[C@H]1CCC2(C)C(CCC3C2CCC2(C)C(C(C)CC(F)(F)F)CCC32)C1. The molecule has 4 aliphatic carbocycles. The molecule has 0 nitrogen and oxygen atoms in total. The first-order valence-corrected chi connectivity index (χ1v) is 11.6. The minimum absolute atomic E-state index is 0.116. The molecule has 28 heavy (non-hydrogen) atoms. The Kier molecular flexibility index (Phi) is 5.12. The summed E-state index contributed by atoms with van der Waals surface area (Å²) in [5, 5.41) is 0. The lowest BCUT2D eigenvalue weighted by Gasteiger charge is -2.61. The third kappa shape index (κ3) is 3.22. The first-order chi connectivity index (χ1) is 13.1. The van der Waals surface area contributed by atoms with Crippen LogP contribution in [-0.2, 0) is 0 Å². The van der Waals surface area contributed by atoms with E-state index in [1.165, 1.54) is 38.5 Å². The van der Waals surface area contributed by atoms with Gasteiger partial charge in [0.05, 0.1) is 0 Å². The number of alkyl halides is 3. The van der Waals surface area contributed by atoms with Crippen LogP contribution in [0.4, 0.5) is 13.2 Å². The van der Waals surface area contributed by atoms with Gasteiger partial charge in [-0.2, -0.15) is 13.2 Å². The van der Waals surface area contributed by atoms with E-state index in [0.29, 0.717) is 17.3 Å². The van der Waals surface area contributed by atoms with Crippen molar-refractivity contribution >= 4 is 0 Å². The second-order valence-electron chi connectivity index (χ2n) is 11.3. The second-order valence-corrected chi connectivity index (χ2v) is 11.3. The second kappa shape index (κ2) is 6.95. The van der Waals surface area contributed by atoms with Gasteiger partial charge in [-0.15, -0.1) is 12.3 Å². The van der Waals surface area contributed by atoms with Crippen molar-refractivity contribution in [1.82, 2.24) is 0 Å². The summed E-state index contributed by atoms with van der Waals surface area (Å²) in [6.07, 6.45) is 11.8. The van der Waals surface area contributed by atoms with Crippen molar-refractivity contribution in [2.24, 2.45) is 52.3 Å². The molecule has 4 fully saturated rings. The highest BCUT2D eigenvalue weighted by Gasteiger charge is 2.60. The molecule has 0 amide bonds. The van der Waals surface area contributed by atoms with Gasteiger partial charge >= 0.3 is 6.18 Å². The molecule has 4 rings (SSSR count). The maximum atomic E-state index is 13.1. The molecule has 8 unspecified atom stereocenters. The number of hydrogen-bond acceptors (Lipinski definition) is 0. The summed E-state index contributed by atoms with van der Waals surface area (Å²) in [4.78, 5) is 0. The Morgan fingerprint density at radius 2 is 1.64 bits per heavy atom. The Bertz CT molecular complexity index is 631. The third-order valence-corrected chi connectivity index (χ3v) is 10.2. The maximum absolute atomic E-state index is 13.1. The fourth-order valence-electron chi connectivity index (χ4n) is 8.89. The van der Waals surface area contributed by atoms with Gasteiger partial charge in [-0.3, -0.25) is 0 Å². The Hall–Kier alpha value is -0.650. The van der Waals surface area contributed by atoms with Crippen LogP contribution in [0.15, 0.2) is 0 Å². The monoisotopic (exact) mass is 394 g/mol. The van der Waals surface area contributed by atoms with Gasteiger partial charge in [0.25, 0.3) is 0 Å². The molecule has 0 bridgehead atoms. The normalized spacial score (nSPS) is 49.5. The van der Waals surface area contributed by atoms with Gasteiger partial charge in [0, 0.05) is 12.3 Å². The summed E-state index contributed by atoms with van der Waals surface area (Å²) < 4.78 is 39.2. The average Bonchev–Trinajstić information content (AvgIpc) is 2.97.